The van der Waals surface area contributed by atoms with Crippen molar-refractivity contribution in [1.29, 1.82) is 0 Å². The SMILES string of the molecule is C=C(C)C(N)C[C@@H](COCc1ccccc1)[C@@H](C)N(Cc1ccccc1)C(=O)O. The molecule has 0 aliphatic rings. The first-order chi connectivity index (χ1) is 13.9. The average Bonchev–Trinajstić information content (AvgIpc) is 2.72. The number of hydrogen-bond donors (Lipinski definition) is 2. The molecule has 2 aromatic carbocycles. The Hall–Kier alpha value is -2.63. The van der Waals surface area contributed by atoms with Gasteiger partial charge in [0.25, 0.3) is 0 Å². The van der Waals surface area contributed by atoms with Gasteiger partial charge < -0.3 is 20.5 Å². The van der Waals surface area contributed by atoms with E-state index in [1.807, 2.05) is 74.5 Å². The van der Waals surface area contributed by atoms with Crippen LogP contribution in [0.4, 0.5) is 4.79 Å². The van der Waals surface area contributed by atoms with Gasteiger partial charge in [0.15, 0.2) is 0 Å². The van der Waals surface area contributed by atoms with Crippen LogP contribution in [0.1, 0.15) is 31.4 Å². The number of nitrogens with zero attached hydrogens (tertiary/aromatic N) is 1. The molecule has 0 saturated carbocycles. The molecule has 1 amide bonds. The Bertz CT molecular complexity index is 764. The Labute approximate surface area is 173 Å². The van der Waals surface area contributed by atoms with Crippen molar-refractivity contribution in [3.05, 3.63) is 83.9 Å². The third-order valence-electron chi connectivity index (χ3n) is 5.25. The summed E-state index contributed by atoms with van der Waals surface area (Å²) in [5.41, 5.74) is 9.17. The molecular formula is C24H32N2O3. The quantitative estimate of drug-likeness (QED) is 0.541. The highest BCUT2D eigenvalue weighted by Crippen LogP contribution is 2.22. The first kappa shape index (κ1) is 22.7. The molecule has 0 aliphatic carbocycles. The van der Waals surface area contributed by atoms with Crippen molar-refractivity contribution in [1.82, 2.24) is 4.90 Å². The standard InChI is InChI=1S/C24H32N2O3/c1-18(2)23(25)14-22(17-29-16-21-12-8-5-9-13-21)19(3)26(24(27)28)15-20-10-6-4-7-11-20/h4-13,19,22-23H,1,14-17,25H2,2-3H3,(H,27,28)/t19-,22+,23?/m1/s1. The van der Waals surface area contributed by atoms with Gasteiger partial charge in [-0.3, -0.25) is 0 Å². The van der Waals surface area contributed by atoms with Crippen molar-refractivity contribution >= 4 is 6.09 Å². The van der Waals surface area contributed by atoms with Crippen LogP contribution in [0.15, 0.2) is 72.8 Å². The number of benzene rings is 2. The fraction of sp³-hybridized carbons (Fsp3) is 0.375. The highest BCUT2D eigenvalue weighted by atomic mass is 16.5. The van der Waals surface area contributed by atoms with Crippen LogP contribution in [0.25, 0.3) is 0 Å². The molecule has 1 unspecified atom stereocenters. The first-order valence-corrected chi connectivity index (χ1v) is 9.94. The molecule has 0 radical (unpaired) electrons. The third-order valence-corrected chi connectivity index (χ3v) is 5.25. The molecule has 5 nitrogen and oxygen atoms in total. The Morgan fingerprint density at radius 2 is 1.66 bits per heavy atom. The minimum atomic E-state index is -0.946. The first-order valence-electron chi connectivity index (χ1n) is 9.94. The van der Waals surface area contributed by atoms with Crippen LogP contribution >= 0.6 is 0 Å². The van der Waals surface area contributed by atoms with E-state index in [2.05, 4.69) is 6.58 Å². The maximum absolute atomic E-state index is 12.0. The summed E-state index contributed by atoms with van der Waals surface area (Å²) in [4.78, 5) is 13.5. The summed E-state index contributed by atoms with van der Waals surface area (Å²) in [6.45, 7) is 9.01. The summed E-state index contributed by atoms with van der Waals surface area (Å²) in [6, 6.07) is 19.1. The van der Waals surface area contributed by atoms with E-state index in [1.165, 1.54) is 4.90 Å². The van der Waals surface area contributed by atoms with Crippen molar-refractivity contribution in [2.45, 2.75) is 45.5 Å². The molecule has 0 heterocycles. The minimum absolute atomic E-state index is 0.0507. The van der Waals surface area contributed by atoms with E-state index >= 15 is 0 Å². The van der Waals surface area contributed by atoms with Crippen LogP contribution in [-0.4, -0.2) is 34.8 Å². The molecular weight excluding hydrogens is 364 g/mol. The van der Waals surface area contributed by atoms with Crippen LogP contribution < -0.4 is 5.73 Å². The van der Waals surface area contributed by atoms with Crippen molar-refractivity contribution in [2.75, 3.05) is 6.61 Å². The molecule has 0 saturated heterocycles. The summed E-state index contributed by atoms with van der Waals surface area (Å²) in [7, 11) is 0. The van der Waals surface area contributed by atoms with Gasteiger partial charge in [0.2, 0.25) is 0 Å². The van der Waals surface area contributed by atoms with Gasteiger partial charge in [-0.1, -0.05) is 72.8 Å². The predicted octanol–water partition coefficient (Wildman–Crippen LogP) is 4.68. The highest BCUT2D eigenvalue weighted by Gasteiger charge is 2.29. The number of rotatable bonds is 11. The Morgan fingerprint density at radius 1 is 1.10 bits per heavy atom. The molecule has 0 fully saturated rings. The third kappa shape index (κ3) is 7.37. The molecule has 0 bridgehead atoms. The van der Waals surface area contributed by atoms with E-state index in [-0.39, 0.29) is 18.0 Å². The lowest BCUT2D eigenvalue weighted by atomic mass is 9.90. The van der Waals surface area contributed by atoms with E-state index in [4.69, 9.17) is 10.5 Å². The number of nitrogens with two attached hydrogens (primary N) is 1. The number of carbonyl (C=O) groups is 1. The number of carboxylic acid groups (broad SMARTS) is 1. The second-order valence-electron chi connectivity index (χ2n) is 7.59. The van der Waals surface area contributed by atoms with Crippen LogP contribution in [0.2, 0.25) is 0 Å². The lowest BCUT2D eigenvalue weighted by Crippen LogP contribution is -2.45. The molecule has 5 heteroatoms. The van der Waals surface area contributed by atoms with E-state index < -0.39 is 6.09 Å². The summed E-state index contributed by atoms with van der Waals surface area (Å²) >= 11 is 0. The zero-order valence-electron chi connectivity index (χ0n) is 17.3. The molecule has 0 aliphatic heterocycles. The monoisotopic (exact) mass is 396 g/mol. The van der Waals surface area contributed by atoms with Crippen molar-refractivity contribution in [3.63, 3.8) is 0 Å². The zero-order chi connectivity index (χ0) is 21.2. The van der Waals surface area contributed by atoms with Gasteiger partial charge in [-0.2, -0.15) is 0 Å². The van der Waals surface area contributed by atoms with E-state index in [0.29, 0.717) is 26.2 Å². The van der Waals surface area contributed by atoms with Crippen LogP contribution in [0.5, 0.6) is 0 Å². The highest BCUT2D eigenvalue weighted by molar-refractivity contribution is 5.65. The number of ether oxygens (including phenoxy) is 1. The maximum atomic E-state index is 12.0. The minimum Gasteiger partial charge on any atom is -0.465 e. The summed E-state index contributed by atoms with van der Waals surface area (Å²) in [5.74, 6) is -0.0507. The van der Waals surface area contributed by atoms with Gasteiger partial charge in [0.05, 0.1) is 13.2 Å². The molecule has 156 valence electrons. The van der Waals surface area contributed by atoms with Crippen LogP contribution in [0.3, 0.4) is 0 Å². The fourth-order valence-electron chi connectivity index (χ4n) is 3.25. The molecule has 3 N–H and O–H groups in total. The van der Waals surface area contributed by atoms with Crippen molar-refractivity contribution in [3.8, 4) is 0 Å². The summed E-state index contributed by atoms with van der Waals surface area (Å²) in [6.07, 6.45) is -0.331. The maximum Gasteiger partial charge on any atom is 0.407 e. The average molecular weight is 397 g/mol. The topological polar surface area (TPSA) is 75.8 Å². The summed E-state index contributed by atoms with van der Waals surface area (Å²) < 4.78 is 5.96. The zero-order valence-corrected chi connectivity index (χ0v) is 17.3. The lowest BCUT2D eigenvalue weighted by Gasteiger charge is -2.34. The molecule has 3 atom stereocenters. The molecule has 29 heavy (non-hydrogen) atoms. The Kier molecular flexibility index (Phi) is 8.90. The van der Waals surface area contributed by atoms with Gasteiger partial charge >= 0.3 is 6.09 Å². The van der Waals surface area contributed by atoms with Gasteiger partial charge in [0.1, 0.15) is 0 Å². The van der Waals surface area contributed by atoms with Gasteiger partial charge in [-0.25, -0.2) is 4.79 Å². The fourth-order valence-corrected chi connectivity index (χ4v) is 3.25. The lowest BCUT2D eigenvalue weighted by molar-refractivity contribution is 0.0388. The number of hydrogen-bond acceptors (Lipinski definition) is 3. The van der Waals surface area contributed by atoms with Crippen LogP contribution in [-0.2, 0) is 17.9 Å². The number of amides is 1. The molecule has 0 spiro atoms. The predicted molar refractivity (Wildman–Crippen MR) is 116 cm³/mol. The van der Waals surface area contributed by atoms with Gasteiger partial charge in [-0.05, 0) is 31.4 Å². The van der Waals surface area contributed by atoms with Gasteiger partial charge in [-0.15, -0.1) is 0 Å². The second-order valence-corrected chi connectivity index (χ2v) is 7.59. The van der Waals surface area contributed by atoms with Gasteiger partial charge in [0, 0.05) is 24.5 Å². The van der Waals surface area contributed by atoms with Crippen molar-refractivity contribution < 1.29 is 14.6 Å². The second kappa shape index (κ2) is 11.4. The normalized spacial score (nSPS) is 14.0. The Balaban J connectivity index is 2.10. The molecule has 2 rings (SSSR count). The van der Waals surface area contributed by atoms with Crippen molar-refractivity contribution in [2.24, 2.45) is 11.7 Å². The van der Waals surface area contributed by atoms with E-state index in [0.717, 1.165) is 16.7 Å². The Morgan fingerprint density at radius 3 is 2.17 bits per heavy atom. The molecule has 2 aromatic rings. The summed E-state index contributed by atoms with van der Waals surface area (Å²) in [5, 5.41) is 9.84. The van der Waals surface area contributed by atoms with Crippen LogP contribution in [0, 0.1) is 5.92 Å². The van der Waals surface area contributed by atoms with E-state index in [1.54, 1.807) is 0 Å². The largest absolute Gasteiger partial charge is 0.465 e. The smallest absolute Gasteiger partial charge is 0.407 e. The van der Waals surface area contributed by atoms with E-state index in [9.17, 15) is 9.90 Å². The molecule has 0 aromatic heterocycles.